The molecule has 0 atom stereocenters. The maximum Gasteiger partial charge on any atom is 0.234 e. The molecule has 0 spiro atoms. The monoisotopic (exact) mass is 397 g/mol. The molecule has 1 N–H and O–H groups in total. The van der Waals surface area contributed by atoms with Crippen LogP contribution < -0.4 is 10.1 Å². The van der Waals surface area contributed by atoms with E-state index in [0.717, 1.165) is 38.6 Å². The Balaban J connectivity index is 1.39. The zero-order valence-corrected chi connectivity index (χ0v) is 17.2. The van der Waals surface area contributed by atoms with Gasteiger partial charge in [-0.3, -0.25) is 14.6 Å². The number of carbonyl (C=O) groups excluding carboxylic acids is 1. The molecule has 1 fully saturated rings. The summed E-state index contributed by atoms with van der Waals surface area (Å²) in [4.78, 5) is 16.7. The fraction of sp³-hybridized carbons (Fsp3) is 0.435. The van der Waals surface area contributed by atoms with Crippen LogP contribution in [0.5, 0.6) is 5.75 Å². The Morgan fingerprint density at radius 2 is 1.76 bits per heavy atom. The van der Waals surface area contributed by atoms with Gasteiger partial charge in [0, 0.05) is 32.7 Å². The number of morpholine rings is 1. The van der Waals surface area contributed by atoms with Gasteiger partial charge in [-0.05, 0) is 30.3 Å². The SMILES string of the molecule is CN(CCOc1ccccc1)CC(=O)NCc1ccccc1CN1CCOCC1. The number of likely N-dealkylation sites (N-methyl/N-ethyl adjacent to an activating group) is 1. The number of hydrogen-bond donors (Lipinski definition) is 1. The molecule has 3 rings (SSSR count). The van der Waals surface area contributed by atoms with E-state index in [2.05, 4.69) is 28.4 Å². The van der Waals surface area contributed by atoms with Crippen molar-refractivity contribution in [3.8, 4) is 5.75 Å². The highest BCUT2D eigenvalue weighted by Crippen LogP contribution is 2.13. The molecule has 2 aromatic carbocycles. The van der Waals surface area contributed by atoms with Crippen molar-refractivity contribution < 1.29 is 14.3 Å². The molecule has 2 aromatic rings. The van der Waals surface area contributed by atoms with Crippen molar-refractivity contribution in [3.63, 3.8) is 0 Å². The van der Waals surface area contributed by atoms with E-state index in [1.54, 1.807) is 0 Å². The van der Waals surface area contributed by atoms with Crippen LogP contribution in [0.2, 0.25) is 0 Å². The maximum atomic E-state index is 12.3. The minimum Gasteiger partial charge on any atom is -0.492 e. The summed E-state index contributed by atoms with van der Waals surface area (Å²) < 4.78 is 11.1. The van der Waals surface area contributed by atoms with Gasteiger partial charge in [-0.2, -0.15) is 0 Å². The Morgan fingerprint density at radius 3 is 2.52 bits per heavy atom. The molecule has 156 valence electrons. The van der Waals surface area contributed by atoms with Crippen LogP contribution in [0, 0.1) is 0 Å². The van der Waals surface area contributed by atoms with Crippen molar-refractivity contribution in [2.24, 2.45) is 0 Å². The first kappa shape index (κ1) is 21.3. The third-order valence-corrected chi connectivity index (χ3v) is 4.99. The second kappa shape index (κ2) is 11.6. The molecular formula is C23H31N3O3. The van der Waals surface area contributed by atoms with Gasteiger partial charge >= 0.3 is 0 Å². The van der Waals surface area contributed by atoms with Crippen LogP contribution in [-0.4, -0.2) is 68.8 Å². The van der Waals surface area contributed by atoms with Crippen LogP contribution in [0.3, 0.4) is 0 Å². The minimum absolute atomic E-state index is 0.0217. The summed E-state index contributed by atoms with van der Waals surface area (Å²) in [5.41, 5.74) is 2.43. The van der Waals surface area contributed by atoms with Gasteiger partial charge in [0.2, 0.25) is 5.91 Å². The number of para-hydroxylation sites is 1. The highest BCUT2D eigenvalue weighted by molar-refractivity contribution is 5.78. The largest absolute Gasteiger partial charge is 0.492 e. The fourth-order valence-electron chi connectivity index (χ4n) is 3.29. The van der Waals surface area contributed by atoms with Crippen LogP contribution in [-0.2, 0) is 22.6 Å². The molecule has 6 heteroatoms. The number of ether oxygens (including phenoxy) is 2. The molecule has 0 radical (unpaired) electrons. The number of nitrogens with one attached hydrogen (secondary N) is 1. The van der Waals surface area contributed by atoms with Crippen molar-refractivity contribution in [1.82, 2.24) is 15.1 Å². The minimum atomic E-state index is 0.0217. The molecule has 1 heterocycles. The van der Waals surface area contributed by atoms with Gasteiger partial charge in [0.05, 0.1) is 19.8 Å². The normalized spacial score (nSPS) is 14.7. The predicted molar refractivity (Wildman–Crippen MR) is 114 cm³/mol. The van der Waals surface area contributed by atoms with E-state index in [4.69, 9.17) is 9.47 Å². The standard InChI is InChI=1S/C23H31N3O3/c1-25(11-16-29-22-9-3-2-4-10-22)19-23(27)24-17-20-7-5-6-8-21(20)18-26-12-14-28-15-13-26/h2-10H,11-19H2,1H3,(H,24,27). The van der Waals surface area contributed by atoms with Gasteiger partial charge in [-0.25, -0.2) is 0 Å². The molecule has 29 heavy (non-hydrogen) atoms. The van der Waals surface area contributed by atoms with Crippen LogP contribution in [0.1, 0.15) is 11.1 Å². The smallest absolute Gasteiger partial charge is 0.234 e. The van der Waals surface area contributed by atoms with Gasteiger partial charge < -0.3 is 14.8 Å². The van der Waals surface area contributed by atoms with Crippen molar-refractivity contribution in [1.29, 1.82) is 0 Å². The zero-order chi connectivity index (χ0) is 20.3. The number of hydrogen-bond acceptors (Lipinski definition) is 5. The van der Waals surface area contributed by atoms with Crippen LogP contribution in [0.4, 0.5) is 0 Å². The van der Waals surface area contributed by atoms with Crippen molar-refractivity contribution in [2.45, 2.75) is 13.1 Å². The van der Waals surface area contributed by atoms with E-state index < -0.39 is 0 Å². The lowest BCUT2D eigenvalue weighted by Crippen LogP contribution is -2.37. The fourth-order valence-corrected chi connectivity index (χ4v) is 3.29. The van der Waals surface area contributed by atoms with E-state index >= 15 is 0 Å². The summed E-state index contributed by atoms with van der Waals surface area (Å²) >= 11 is 0. The second-order valence-corrected chi connectivity index (χ2v) is 7.33. The molecule has 1 saturated heterocycles. The Hall–Kier alpha value is -2.41. The maximum absolute atomic E-state index is 12.3. The Morgan fingerprint density at radius 1 is 1.07 bits per heavy atom. The van der Waals surface area contributed by atoms with Gasteiger partial charge in [-0.15, -0.1) is 0 Å². The van der Waals surface area contributed by atoms with Crippen LogP contribution >= 0.6 is 0 Å². The van der Waals surface area contributed by atoms with Gasteiger partial charge in [0.25, 0.3) is 0 Å². The average molecular weight is 398 g/mol. The molecule has 1 amide bonds. The van der Waals surface area contributed by atoms with E-state index in [1.165, 1.54) is 11.1 Å². The molecule has 0 saturated carbocycles. The third-order valence-electron chi connectivity index (χ3n) is 4.99. The van der Waals surface area contributed by atoms with E-state index in [9.17, 15) is 4.79 Å². The first-order valence-corrected chi connectivity index (χ1v) is 10.2. The Bertz CT molecular complexity index is 748. The van der Waals surface area contributed by atoms with Gasteiger partial charge in [-0.1, -0.05) is 42.5 Å². The number of carbonyl (C=O) groups is 1. The average Bonchev–Trinajstić information content (AvgIpc) is 2.74. The quantitative estimate of drug-likeness (QED) is 0.666. The Kier molecular flexibility index (Phi) is 8.49. The number of amides is 1. The first-order valence-electron chi connectivity index (χ1n) is 10.2. The number of nitrogens with zero attached hydrogens (tertiary/aromatic N) is 2. The second-order valence-electron chi connectivity index (χ2n) is 7.33. The third kappa shape index (κ3) is 7.49. The predicted octanol–water partition coefficient (Wildman–Crippen LogP) is 2.15. The van der Waals surface area contributed by atoms with E-state index in [0.29, 0.717) is 26.2 Å². The lowest BCUT2D eigenvalue weighted by Gasteiger charge is -2.27. The molecule has 0 bridgehead atoms. The first-order chi connectivity index (χ1) is 14.2. The molecule has 0 aliphatic carbocycles. The van der Waals surface area contributed by atoms with Gasteiger partial charge in [0.15, 0.2) is 0 Å². The molecule has 0 unspecified atom stereocenters. The van der Waals surface area contributed by atoms with Crippen molar-refractivity contribution >= 4 is 5.91 Å². The molecule has 1 aliphatic heterocycles. The Labute approximate surface area is 173 Å². The summed E-state index contributed by atoms with van der Waals surface area (Å²) in [5.74, 6) is 0.871. The number of rotatable bonds is 10. The molecule has 6 nitrogen and oxygen atoms in total. The molecular weight excluding hydrogens is 366 g/mol. The zero-order valence-electron chi connectivity index (χ0n) is 17.2. The highest BCUT2D eigenvalue weighted by atomic mass is 16.5. The number of benzene rings is 2. The lowest BCUT2D eigenvalue weighted by atomic mass is 10.1. The van der Waals surface area contributed by atoms with Crippen molar-refractivity contribution in [3.05, 3.63) is 65.7 Å². The van der Waals surface area contributed by atoms with Crippen molar-refractivity contribution in [2.75, 3.05) is 53.0 Å². The highest BCUT2D eigenvalue weighted by Gasteiger charge is 2.13. The van der Waals surface area contributed by atoms with Gasteiger partial charge in [0.1, 0.15) is 12.4 Å². The summed E-state index contributed by atoms with van der Waals surface area (Å²) in [6.07, 6.45) is 0. The van der Waals surface area contributed by atoms with E-state index in [-0.39, 0.29) is 5.91 Å². The van der Waals surface area contributed by atoms with Crippen LogP contribution in [0.15, 0.2) is 54.6 Å². The molecule has 0 aromatic heterocycles. The summed E-state index contributed by atoms with van der Waals surface area (Å²) in [7, 11) is 1.93. The summed E-state index contributed by atoms with van der Waals surface area (Å²) in [6.45, 7) is 6.53. The van der Waals surface area contributed by atoms with Crippen LogP contribution in [0.25, 0.3) is 0 Å². The van der Waals surface area contributed by atoms with E-state index in [1.807, 2.05) is 48.3 Å². The lowest BCUT2D eigenvalue weighted by molar-refractivity contribution is -0.122. The summed E-state index contributed by atoms with van der Waals surface area (Å²) in [5, 5.41) is 3.05. The summed E-state index contributed by atoms with van der Waals surface area (Å²) in [6, 6.07) is 18.0. The molecule has 1 aliphatic rings. The topological polar surface area (TPSA) is 54.0 Å².